The van der Waals surface area contributed by atoms with Crippen molar-refractivity contribution in [2.45, 2.75) is 239 Å². The van der Waals surface area contributed by atoms with Crippen molar-refractivity contribution in [3.05, 3.63) is 11.6 Å². The van der Waals surface area contributed by atoms with Crippen molar-refractivity contribution in [1.29, 1.82) is 0 Å². The van der Waals surface area contributed by atoms with Gasteiger partial charge >= 0.3 is 0 Å². The Morgan fingerprint density at radius 2 is 1.19 bits per heavy atom. The van der Waals surface area contributed by atoms with E-state index in [1.165, 1.54) is 6.92 Å². The van der Waals surface area contributed by atoms with Crippen molar-refractivity contribution in [2.75, 3.05) is 26.4 Å². The van der Waals surface area contributed by atoms with E-state index in [1.54, 1.807) is 0 Å². The maximum Gasteiger partial charge on any atom is 0.187 e. The fourth-order valence-corrected chi connectivity index (χ4v) is 14.9. The quantitative estimate of drug-likeness (QED) is 0.0697. The highest BCUT2D eigenvalue weighted by Gasteiger charge is 2.74. The van der Waals surface area contributed by atoms with Crippen LogP contribution < -0.4 is 0 Å². The van der Waals surface area contributed by atoms with Gasteiger partial charge in [0.15, 0.2) is 30.9 Å². The number of rotatable bonds is 15. The fourth-order valence-electron chi connectivity index (χ4n) is 14.9. The van der Waals surface area contributed by atoms with Crippen molar-refractivity contribution < 1.29 is 119 Å². The molecule has 31 atom stereocenters. The first-order valence-electron chi connectivity index (χ1n) is 27.0. The van der Waals surface area contributed by atoms with E-state index in [-0.39, 0.29) is 48.0 Å². The van der Waals surface area contributed by atoms with Crippen LogP contribution in [0.15, 0.2) is 11.6 Å². The van der Waals surface area contributed by atoms with E-state index in [9.17, 15) is 76.6 Å². The molecule has 9 rings (SSSR count). The monoisotopic (exact) mass is 1080 g/mol. The van der Waals surface area contributed by atoms with Crippen LogP contribution in [0.4, 0.5) is 0 Å². The molecule has 75 heavy (non-hydrogen) atoms. The molecular weight excluding hydrogens is 997 g/mol. The lowest BCUT2D eigenvalue weighted by atomic mass is 9.45. The molecule has 24 nitrogen and oxygen atoms in total. The fraction of sp³-hybridized carbons (Fsp3) is 0.961. The Morgan fingerprint density at radius 1 is 0.627 bits per heavy atom. The van der Waals surface area contributed by atoms with Crippen LogP contribution in [-0.4, -0.2) is 249 Å². The van der Waals surface area contributed by atoms with Gasteiger partial charge in [-0.05, 0) is 75.0 Å². The summed E-state index contributed by atoms with van der Waals surface area (Å²) in [5.41, 5.74) is -0.935. The Bertz CT molecular complexity index is 1970. The normalized spacial score (nSPS) is 55.3. The molecule has 0 aromatic carbocycles. The summed E-state index contributed by atoms with van der Waals surface area (Å²) in [6.45, 7) is 7.71. The number of aliphatic hydroxyl groups is 15. The lowest BCUT2D eigenvalue weighted by Gasteiger charge is -2.61. The Morgan fingerprint density at radius 3 is 1.83 bits per heavy atom. The van der Waals surface area contributed by atoms with Crippen LogP contribution in [-0.2, 0) is 42.6 Å². The second-order valence-corrected chi connectivity index (χ2v) is 24.0. The van der Waals surface area contributed by atoms with Crippen molar-refractivity contribution in [3.63, 3.8) is 0 Å². The molecule has 0 aromatic rings. The second-order valence-electron chi connectivity index (χ2n) is 24.0. The molecule has 0 aromatic heterocycles. The van der Waals surface area contributed by atoms with Crippen LogP contribution >= 0.6 is 0 Å². The standard InChI is InChI=1S/C51H84O24/c1-20(19-67-44-39(62)37(60)33(56)28(16-52)70-44)8-13-51(66)21(2)31-27(75-51)15-50(65)26-7-6-23-14-24(9-11-48(23,4)25(26)10-12-49(31,50)5)69-47-43(74-45-40(63)36(59)32(55)22(3)68-45)42(35(58)30(18-54)72-47)73-46-41(64)38(61)34(57)29(17-53)71-46/h6,20-22,24-47,52-66H,7-19H2,1-5H3. The average Bonchev–Trinajstić information content (AvgIpc) is 3.77. The zero-order valence-electron chi connectivity index (χ0n) is 43.2. The lowest BCUT2D eigenvalue weighted by molar-refractivity contribution is -0.394. The molecule has 24 heteroatoms. The van der Waals surface area contributed by atoms with Gasteiger partial charge in [-0.15, -0.1) is 0 Å². The minimum atomic E-state index is -1.90. The van der Waals surface area contributed by atoms with Gasteiger partial charge in [0, 0.05) is 30.1 Å². The number of hydrogen-bond donors (Lipinski definition) is 15. The predicted octanol–water partition coefficient (Wildman–Crippen LogP) is -3.89. The Kier molecular flexibility index (Phi) is 17.3. The van der Waals surface area contributed by atoms with Gasteiger partial charge in [0.25, 0.3) is 0 Å². The highest BCUT2D eigenvalue weighted by atomic mass is 16.8. The van der Waals surface area contributed by atoms with Gasteiger partial charge in [-0.25, -0.2) is 0 Å². The number of aliphatic hydroxyl groups excluding tert-OH is 13. The van der Waals surface area contributed by atoms with E-state index < -0.39 is 172 Å². The summed E-state index contributed by atoms with van der Waals surface area (Å²) in [7, 11) is 0. The molecule has 31 unspecified atom stereocenters. The van der Waals surface area contributed by atoms with Gasteiger partial charge in [0.2, 0.25) is 0 Å². The van der Waals surface area contributed by atoms with Gasteiger partial charge in [0.1, 0.15) is 91.6 Å². The third-order valence-electron chi connectivity index (χ3n) is 19.7. The zero-order chi connectivity index (χ0) is 54.4. The maximum atomic E-state index is 13.1. The van der Waals surface area contributed by atoms with Crippen molar-refractivity contribution in [1.82, 2.24) is 0 Å². The van der Waals surface area contributed by atoms with E-state index in [0.717, 1.165) is 12.0 Å². The molecule has 3 saturated carbocycles. The van der Waals surface area contributed by atoms with Gasteiger partial charge in [0.05, 0.1) is 50.3 Å². The Balaban J connectivity index is 0.878. The van der Waals surface area contributed by atoms with E-state index in [4.69, 9.17) is 42.6 Å². The smallest absolute Gasteiger partial charge is 0.187 e. The highest BCUT2D eigenvalue weighted by molar-refractivity contribution is 5.29. The van der Waals surface area contributed by atoms with Crippen molar-refractivity contribution in [2.24, 2.45) is 40.4 Å². The molecule has 8 fully saturated rings. The molecule has 5 heterocycles. The lowest BCUT2D eigenvalue weighted by Crippen LogP contribution is -2.67. The topological polar surface area (TPSA) is 387 Å². The molecule has 0 amide bonds. The number of ether oxygens (including phenoxy) is 9. The molecule has 5 aliphatic heterocycles. The first-order chi connectivity index (χ1) is 35.4. The van der Waals surface area contributed by atoms with Crippen LogP contribution in [0.1, 0.15) is 92.4 Å². The SMILES string of the molecule is CC(CCC1(O)OC2CC3(O)C4CC=C5CC(OC6OC(CO)C(O)C(OC7OC(CO)C(O)C(O)C7O)C6OC6OC(C)C(O)C(O)C6O)CCC5(C)C4CCC3(C)C2C1C)COC1OC(CO)C(O)C(O)C1O. The van der Waals surface area contributed by atoms with E-state index in [2.05, 4.69) is 19.9 Å². The number of hydrogen-bond acceptors (Lipinski definition) is 24. The van der Waals surface area contributed by atoms with Crippen molar-refractivity contribution in [3.8, 4) is 0 Å². The van der Waals surface area contributed by atoms with Gasteiger partial charge in [-0.1, -0.05) is 39.3 Å². The summed E-state index contributed by atoms with van der Waals surface area (Å²) in [4.78, 5) is 0. The zero-order valence-corrected chi connectivity index (χ0v) is 43.2. The van der Waals surface area contributed by atoms with E-state index in [0.29, 0.717) is 44.9 Å². The van der Waals surface area contributed by atoms with Crippen LogP contribution in [0.3, 0.4) is 0 Å². The van der Waals surface area contributed by atoms with Gasteiger partial charge < -0.3 is 119 Å². The largest absolute Gasteiger partial charge is 0.394 e. The summed E-state index contributed by atoms with van der Waals surface area (Å²) in [6, 6.07) is 0. The molecule has 9 aliphatic rings. The van der Waals surface area contributed by atoms with Crippen LogP contribution in [0.2, 0.25) is 0 Å². The first-order valence-corrected chi connectivity index (χ1v) is 27.0. The van der Waals surface area contributed by atoms with Crippen LogP contribution in [0.5, 0.6) is 0 Å². The summed E-state index contributed by atoms with van der Waals surface area (Å²) < 4.78 is 54.5. The summed E-state index contributed by atoms with van der Waals surface area (Å²) >= 11 is 0. The predicted molar refractivity (Wildman–Crippen MR) is 252 cm³/mol. The Hall–Kier alpha value is -1.22. The second kappa shape index (κ2) is 22.3. The molecule has 0 spiro atoms. The van der Waals surface area contributed by atoms with E-state index in [1.807, 2.05) is 13.8 Å². The van der Waals surface area contributed by atoms with Gasteiger partial charge in [-0.3, -0.25) is 0 Å². The average molecular weight is 1080 g/mol. The Labute approximate surface area is 435 Å². The summed E-state index contributed by atoms with van der Waals surface area (Å²) in [5.74, 6) is -2.14. The van der Waals surface area contributed by atoms with Gasteiger partial charge in [-0.2, -0.15) is 0 Å². The number of fused-ring (bicyclic) bond motifs is 7. The molecule has 5 saturated heterocycles. The highest BCUT2D eigenvalue weighted by Crippen LogP contribution is 2.71. The van der Waals surface area contributed by atoms with Crippen LogP contribution in [0.25, 0.3) is 0 Å². The third kappa shape index (κ3) is 10.1. The van der Waals surface area contributed by atoms with E-state index >= 15 is 0 Å². The first kappa shape index (κ1) is 58.4. The minimum Gasteiger partial charge on any atom is -0.394 e. The molecular formula is C51H84O24. The summed E-state index contributed by atoms with van der Waals surface area (Å²) in [6.07, 6.45) is -25.2. The third-order valence-corrected chi connectivity index (χ3v) is 19.7. The molecule has 15 N–H and O–H groups in total. The van der Waals surface area contributed by atoms with Crippen molar-refractivity contribution >= 4 is 0 Å². The molecule has 4 aliphatic carbocycles. The molecule has 432 valence electrons. The molecule has 0 bridgehead atoms. The number of allylic oxidation sites excluding steroid dienone is 1. The molecule has 0 radical (unpaired) electrons. The summed E-state index contributed by atoms with van der Waals surface area (Å²) in [5, 5.41) is 162. The minimum absolute atomic E-state index is 0.0787. The maximum absolute atomic E-state index is 13.1. The van der Waals surface area contributed by atoms with Crippen LogP contribution in [0, 0.1) is 40.4 Å².